The van der Waals surface area contributed by atoms with Gasteiger partial charge in [-0.1, -0.05) is 0 Å². The first kappa shape index (κ1) is 16.0. The van der Waals surface area contributed by atoms with E-state index in [9.17, 15) is 4.79 Å². The van der Waals surface area contributed by atoms with Crippen molar-refractivity contribution in [3.8, 4) is 17.4 Å². The largest absolute Gasteiger partial charge is 0.472 e. The van der Waals surface area contributed by atoms with E-state index in [4.69, 9.17) is 14.2 Å². The fourth-order valence-electron chi connectivity index (χ4n) is 2.80. The molecule has 2 aromatic rings. The monoisotopic (exact) mass is 405 g/mol. The van der Waals surface area contributed by atoms with Gasteiger partial charge in [-0.3, -0.25) is 0 Å². The van der Waals surface area contributed by atoms with Gasteiger partial charge in [0, 0.05) is 30.9 Å². The molecular formula is C17H16BrN3O4. The molecule has 0 bridgehead atoms. The third kappa shape index (κ3) is 3.48. The lowest BCUT2D eigenvalue weighted by Crippen LogP contribution is -2.34. The number of aromatic nitrogens is 1. The Hall–Kier alpha value is -2.48. The number of benzene rings is 1. The van der Waals surface area contributed by atoms with E-state index in [2.05, 4.69) is 26.2 Å². The van der Waals surface area contributed by atoms with E-state index in [-0.39, 0.29) is 18.9 Å². The number of hydrogen-bond acceptors (Lipinski definition) is 5. The number of pyridine rings is 1. The summed E-state index contributed by atoms with van der Waals surface area (Å²) >= 11 is 3.41. The standard InChI is InChI=1S/C17H16BrN3O4/c18-13-2-1-6-19-16(13)25-12-5-7-21(9-12)17(22)20-11-3-4-14-15(8-11)24-10-23-14/h1-4,6,8,12H,5,7,9-10H2,(H,20,22). The van der Waals surface area contributed by atoms with Crippen molar-refractivity contribution in [3.05, 3.63) is 41.0 Å². The molecule has 0 aliphatic carbocycles. The van der Waals surface area contributed by atoms with Gasteiger partial charge < -0.3 is 24.4 Å². The van der Waals surface area contributed by atoms with Crippen molar-refractivity contribution in [1.82, 2.24) is 9.88 Å². The number of fused-ring (bicyclic) bond motifs is 1. The number of likely N-dealkylation sites (tertiary alicyclic amines) is 1. The van der Waals surface area contributed by atoms with Crippen LogP contribution in [0.15, 0.2) is 41.0 Å². The van der Waals surface area contributed by atoms with Gasteiger partial charge in [0.05, 0.1) is 11.0 Å². The lowest BCUT2D eigenvalue weighted by atomic mass is 10.3. The zero-order valence-electron chi connectivity index (χ0n) is 13.3. The van der Waals surface area contributed by atoms with Crippen LogP contribution in [0.4, 0.5) is 10.5 Å². The van der Waals surface area contributed by atoms with E-state index in [1.54, 1.807) is 29.3 Å². The molecule has 4 rings (SSSR count). The van der Waals surface area contributed by atoms with Gasteiger partial charge in [0.15, 0.2) is 11.5 Å². The number of rotatable bonds is 3. The molecule has 2 aliphatic rings. The van der Waals surface area contributed by atoms with Crippen LogP contribution in [0.2, 0.25) is 0 Å². The number of nitrogens with one attached hydrogen (secondary N) is 1. The minimum atomic E-state index is -0.162. The van der Waals surface area contributed by atoms with Gasteiger partial charge in [-0.25, -0.2) is 9.78 Å². The van der Waals surface area contributed by atoms with Gasteiger partial charge >= 0.3 is 6.03 Å². The van der Waals surface area contributed by atoms with Crippen LogP contribution in [-0.2, 0) is 0 Å². The minimum absolute atomic E-state index is 0.0753. The van der Waals surface area contributed by atoms with E-state index in [1.165, 1.54) is 0 Å². The normalized spacial score (nSPS) is 18.3. The number of carbonyl (C=O) groups is 1. The highest BCUT2D eigenvalue weighted by Crippen LogP contribution is 2.34. The molecule has 25 heavy (non-hydrogen) atoms. The molecule has 2 amide bonds. The molecule has 1 aromatic heterocycles. The third-order valence-electron chi connectivity index (χ3n) is 4.06. The Balaban J connectivity index is 1.35. The summed E-state index contributed by atoms with van der Waals surface area (Å²) in [6.07, 6.45) is 2.37. The summed E-state index contributed by atoms with van der Waals surface area (Å²) in [6, 6.07) is 8.88. The molecule has 0 spiro atoms. The highest BCUT2D eigenvalue weighted by molar-refractivity contribution is 9.10. The van der Waals surface area contributed by atoms with Gasteiger partial charge in [-0.2, -0.15) is 0 Å². The first-order valence-electron chi connectivity index (χ1n) is 7.92. The fourth-order valence-corrected chi connectivity index (χ4v) is 3.15. The van der Waals surface area contributed by atoms with Crippen LogP contribution in [0, 0.1) is 0 Å². The number of amides is 2. The summed E-state index contributed by atoms with van der Waals surface area (Å²) in [6.45, 7) is 1.35. The summed E-state index contributed by atoms with van der Waals surface area (Å²) in [5.74, 6) is 1.87. The van der Waals surface area contributed by atoms with Gasteiger partial charge in [0.1, 0.15) is 6.10 Å². The molecule has 0 saturated carbocycles. The van der Waals surface area contributed by atoms with E-state index >= 15 is 0 Å². The Morgan fingerprint density at radius 2 is 2.20 bits per heavy atom. The summed E-state index contributed by atoms with van der Waals surface area (Å²) in [4.78, 5) is 18.4. The number of halogens is 1. The van der Waals surface area contributed by atoms with Crippen molar-refractivity contribution in [2.45, 2.75) is 12.5 Å². The van der Waals surface area contributed by atoms with Gasteiger partial charge in [0.25, 0.3) is 0 Å². The smallest absolute Gasteiger partial charge is 0.321 e. The Labute approximate surface area is 153 Å². The van der Waals surface area contributed by atoms with Crippen molar-refractivity contribution >= 4 is 27.6 Å². The number of carbonyl (C=O) groups excluding carboxylic acids is 1. The Bertz CT molecular complexity index is 801. The number of anilines is 1. The predicted octanol–water partition coefficient (Wildman–Crippen LogP) is 3.26. The van der Waals surface area contributed by atoms with Crippen LogP contribution in [0.1, 0.15) is 6.42 Å². The van der Waals surface area contributed by atoms with Crippen molar-refractivity contribution < 1.29 is 19.0 Å². The van der Waals surface area contributed by atoms with E-state index in [1.807, 2.05) is 12.1 Å². The summed E-state index contributed by atoms with van der Waals surface area (Å²) in [7, 11) is 0. The quantitative estimate of drug-likeness (QED) is 0.847. The highest BCUT2D eigenvalue weighted by atomic mass is 79.9. The first-order chi connectivity index (χ1) is 12.2. The maximum absolute atomic E-state index is 12.4. The van der Waals surface area contributed by atoms with Gasteiger partial charge in [-0.05, 0) is 40.2 Å². The van der Waals surface area contributed by atoms with Crippen LogP contribution in [0.5, 0.6) is 17.4 Å². The van der Waals surface area contributed by atoms with Gasteiger partial charge in [0.2, 0.25) is 12.7 Å². The molecule has 3 heterocycles. The van der Waals surface area contributed by atoms with Crippen LogP contribution in [0.25, 0.3) is 0 Å². The summed E-state index contributed by atoms with van der Waals surface area (Å²) in [5, 5.41) is 2.88. The second-order valence-electron chi connectivity index (χ2n) is 5.76. The van der Waals surface area contributed by atoms with Crippen molar-refractivity contribution in [2.75, 3.05) is 25.2 Å². The lowest BCUT2D eigenvalue weighted by Gasteiger charge is -2.18. The van der Waals surface area contributed by atoms with Crippen molar-refractivity contribution in [1.29, 1.82) is 0 Å². The lowest BCUT2D eigenvalue weighted by molar-refractivity contribution is 0.174. The number of urea groups is 1. The zero-order chi connectivity index (χ0) is 17.2. The van der Waals surface area contributed by atoms with E-state index in [0.29, 0.717) is 36.2 Å². The molecule has 1 unspecified atom stereocenters. The highest BCUT2D eigenvalue weighted by Gasteiger charge is 2.28. The minimum Gasteiger partial charge on any atom is -0.472 e. The van der Waals surface area contributed by atoms with Crippen molar-refractivity contribution in [3.63, 3.8) is 0 Å². The van der Waals surface area contributed by atoms with Crippen LogP contribution >= 0.6 is 15.9 Å². The molecule has 1 aromatic carbocycles. The second kappa shape index (κ2) is 6.79. The average molecular weight is 406 g/mol. The maximum atomic E-state index is 12.4. The molecule has 0 radical (unpaired) electrons. The predicted molar refractivity (Wildman–Crippen MR) is 94.1 cm³/mol. The Kier molecular flexibility index (Phi) is 4.35. The molecule has 1 atom stereocenters. The summed E-state index contributed by atoms with van der Waals surface area (Å²) in [5.41, 5.74) is 0.672. The molecule has 8 heteroatoms. The molecule has 2 aliphatic heterocycles. The van der Waals surface area contributed by atoms with Crippen LogP contribution in [0.3, 0.4) is 0 Å². The van der Waals surface area contributed by atoms with E-state index < -0.39 is 0 Å². The topological polar surface area (TPSA) is 72.9 Å². The molecule has 1 fully saturated rings. The fraction of sp³-hybridized carbons (Fsp3) is 0.294. The number of hydrogen-bond donors (Lipinski definition) is 1. The van der Waals surface area contributed by atoms with Crippen LogP contribution < -0.4 is 19.5 Å². The SMILES string of the molecule is O=C(Nc1ccc2c(c1)OCO2)N1CCC(Oc2ncccc2Br)C1. The molecule has 7 nitrogen and oxygen atoms in total. The van der Waals surface area contributed by atoms with Gasteiger partial charge in [-0.15, -0.1) is 0 Å². The van der Waals surface area contributed by atoms with E-state index in [0.717, 1.165) is 10.9 Å². The maximum Gasteiger partial charge on any atom is 0.321 e. The van der Waals surface area contributed by atoms with Crippen molar-refractivity contribution in [2.24, 2.45) is 0 Å². The average Bonchev–Trinajstić information content (AvgIpc) is 3.25. The zero-order valence-corrected chi connectivity index (χ0v) is 14.9. The number of nitrogens with zero attached hydrogens (tertiary/aromatic N) is 2. The Morgan fingerprint density at radius 1 is 1.32 bits per heavy atom. The molecule has 130 valence electrons. The third-order valence-corrected chi connectivity index (χ3v) is 4.66. The molecule has 1 N–H and O–H groups in total. The Morgan fingerprint density at radius 3 is 3.08 bits per heavy atom. The van der Waals surface area contributed by atoms with Crippen LogP contribution in [-0.4, -0.2) is 41.9 Å². The first-order valence-corrected chi connectivity index (χ1v) is 8.71. The summed E-state index contributed by atoms with van der Waals surface area (Å²) < 4.78 is 17.3. The molecular weight excluding hydrogens is 390 g/mol. The second-order valence-corrected chi connectivity index (χ2v) is 6.62. The molecule has 1 saturated heterocycles. The number of ether oxygens (including phenoxy) is 3.